The highest BCUT2D eigenvalue weighted by Gasteiger charge is 2.26. The van der Waals surface area contributed by atoms with Crippen molar-refractivity contribution in [3.63, 3.8) is 0 Å². The highest BCUT2D eigenvalue weighted by molar-refractivity contribution is 5.88. The normalized spacial score (nSPS) is 16.3. The zero-order valence-electron chi connectivity index (χ0n) is 11.5. The number of benzene rings is 1. The van der Waals surface area contributed by atoms with Crippen LogP contribution in [0.5, 0.6) is 0 Å². The van der Waals surface area contributed by atoms with Gasteiger partial charge >= 0.3 is 0 Å². The lowest BCUT2D eigenvalue weighted by Crippen LogP contribution is -2.51. The molecule has 1 aliphatic rings. The number of anilines is 1. The average Bonchev–Trinajstić information content (AvgIpc) is 2.54. The molecule has 1 saturated heterocycles. The molecule has 0 atom stereocenters. The number of ether oxygens (including phenoxy) is 1. The predicted octanol–water partition coefficient (Wildman–Crippen LogP) is 2.63. The second-order valence-electron chi connectivity index (χ2n) is 5.23. The third-order valence-electron chi connectivity index (χ3n) is 4.34. The Labute approximate surface area is 108 Å². The van der Waals surface area contributed by atoms with Crippen molar-refractivity contribution < 1.29 is 4.74 Å². The van der Waals surface area contributed by atoms with Crippen LogP contribution in [0, 0.1) is 13.8 Å². The maximum Gasteiger partial charge on any atom is 0.0920 e. The minimum absolute atomic E-state index is 0.402. The summed E-state index contributed by atoms with van der Waals surface area (Å²) in [4.78, 5) is 2.37. The first-order valence-electron chi connectivity index (χ1n) is 6.45. The lowest BCUT2D eigenvalue weighted by atomic mass is 10.1. The Morgan fingerprint density at radius 1 is 1.22 bits per heavy atom. The van der Waals surface area contributed by atoms with Gasteiger partial charge in [0.1, 0.15) is 0 Å². The van der Waals surface area contributed by atoms with Crippen LogP contribution in [-0.4, -0.2) is 30.9 Å². The fraction of sp³-hybridized carbons (Fsp3) is 0.467. The quantitative estimate of drug-likeness (QED) is 0.808. The Morgan fingerprint density at radius 3 is 2.61 bits per heavy atom. The van der Waals surface area contributed by atoms with E-state index in [4.69, 9.17) is 4.74 Å². The SMILES string of the molecule is COC1CN(c2ccc3c(c2)c(C)c(C)n3C)C1. The molecule has 1 aromatic carbocycles. The third-order valence-corrected chi connectivity index (χ3v) is 4.34. The summed E-state index contributed by atoms with van der Waals surface area (Å²) in [5.74, 6) is 0. The Balaban J connectivity index is 1.99. The van der Waals surface area contributed by atoms with Crippen LogP contribution in [-0.2, 0) is 11.8 Å². The van der Waals surface area contributed by atoms with Gasteiger partial charge in [-0.15, -0.1) is 0 Å². The van der Waals surface area contributed by atoms with Crippen LogP contribution in [0.4, 0.5) is 5.69 Å². The molecule has 0 aliphatic carbocycles. The van der Waals surface area contributed by atoms with Crippen LogP contribution in [0.3, 0.4) is 0 Å². The van der Waals surface area contributed by atoms with Gasteiger partial charge in [-0.05, 0) is 37.6 Å². The molecule has 0 bridgehead atoms. The number of aromatic nitrogens is 1. The van der Waals surface area contributed by atoms with Crippen molar-refractivity contribution in [1.29, 1.82) is 0 Å². The molecule has 0 radical (unpaired) electrons. The fourth-order valence-electron chi connectivity index (χ4n) is 2.74. The van der Waals surface area contributed by atoms with Gasteiger partial charge in [0.05, 0.1) is 6.10 Å². The Kier molecular flexibility index (Phi) is 2.59. The van der Waals surface area contributed by atoms with E-state index >= 15 is 0 Å². The number of nitrogens with zero attached hydrogens (tertiary/aromatic N) is 2. The molecule has 3 rings (SSSR count). The monoisotopic (exact) mass is 244 g/mol. The molecule has 96 valence electrons. The number of rotatable bonds is 2. The van der Waals surface area contributed by atoms with Crippen LogP contribution in [0.1, 0.15) is 11.3 Å². The lowest BCUT2D eigenvalue weighted by molar-refractivity contribution is 0.0788. The summed E-state index contributed by atoms with van der Waals surface area (Å²) in [7, 11) is 3.92. The predicted molar refractivity (Wildman–Crippen MR) is 75.4 cm³/mol. The van der Waals surface area contributed by atoms with Crippen molar-refractivity contribution in [3.8, 4) is 0 Å². The Bertz CT molecular complexity index is 594. The van der Waals surface area contributed by atoms with Gasteiger partial charge in [-0.1, -0.05) is 0 Å². The minimum atomic E-state index is 0.402. The van der Waals surface area contributed by atoms with Gasteiger partial charge < -0.3 is 14.2 Å². The number of fused-ring (bicyclic) bond motifs is 1. The van der Waals surface area contributed by atoms with Gasteiger partial charge in [-0.2, -0.15) is 0 Å². The molecule has 3 heteroatoms. The molecule has 1 aliphatic heterocycles. The van der Waals surface area contributed by atoms with E-state index in [2.05, 4.69) is 48.6 Å². The average molecular weight is 244 g/mol. The van der Waals surface area contributed by atoms with Gasteiger partial charge in [0.15, 0.2) is 0 Å². The van der Waals surface area contributed by atoms with E-state index in [1.165, 1.54) is 27.8 Å². The van der Waals surface area contributed by atoms with E-state index in [1.54, 1.807) is 7.11 Å². The van der Waals surface area contributed by atoms with E-state index in [0.29, 0.717) is 6.10 Å². The standard InChI is InChI=1S/C15H20N2O/c1-10-11(2)16(3)15-6-5-12(7-14(10)15)17-8-13(9-17)18-4/h5-7,13H,8-9H2,1-4H3. The van der Waals surface area contributed by atoms with Gasteiger partial charge in [0.25, 0.3) is 0 Å². The summed E-state index contributed by atoms with van der Waals surface area (Å²) < 4.78 is 7.59. The lowest BCUT2D eigenvalue weighted by Gasteiger charge is -2.40. The molecule has 18 heavy (non-hydrogen) atoms. The van der Waals surface area contributed by atoms with Gasteiger partial charge in [0.2, 0.25) is 0 Å². The first-order chi connectivity index (χ1) is 8.61. The van der Waals surface area contributed by atoms with Crippen molar-refractivity contribution in [1.82, 2.24) is 4.57 Å². The summed E-state index contributed by atoms with van der Waals surface area (Å²) in [6.45, 7) is 6.40. The molecule has 0 spiro atoms. The Hall–Kier alpha value is -1.48. The molecule has 2 aromatic rings. The second kappa shape index (κ2) is 4.02. The number of aryl methyl sites for hydroxylation is 2. The number of hydrogen-bond acceptors (Lipinski definition) is 2. The molecule has 1 fully saturated rings. The summed E-state index contributed by atoms with van der Waals surface area (Å²) >= 11 is 0. The summed E-state index contributed by atoms with van der Waals surface area (Å²) in [5.41, 5.74) is 5.36. The first-order valence-corrected chi connectivity index (χ1v) is 6.45. The molecule has 1 aromatic heterocycles. The Morgan fingerprint density at radius 2 is 1.94 bits per heavy atom. The summed E-state index contributed by atoms with van der Waals surface area (Å²) in [5, 5.41) is 1.37. The number of methoxy groups -OCH3 is 1. The first kappa shape index (κ1) is 11.6. The zero-order valence-corrected chi connectivity index (χ0v) is 11.5. The molecule has 0 unspecified atom stereocenters. The second-order valence-corrected chi connectivity index (χ2v) is 5.23. The van der Waals surface area contributed by atoms with E-state index in [1.807, 2.05) is 0 Å². The molecule has 2 heterocycles. The summed E-state index contributed by atoms with van der Waals surface area (Å²) in [6.07, 6.45) is 0.402. The van der Waals surface area contributed by atoms with Gasteiger partial charge in [-0.3, -0.25) is 0 Å². The highest BCUT2D eigenvalue weighted by Crippen LogP contribution is 2.30. The minimum Gasteiger partial charge on any atom is -0.378 e. The third kappa shape index (κ3) is 1.54. The highest BCUT2D eigenvalue weighted by atomic mass is 16.5. The molecular weight excluding hydrogens is 224 g/mol. The van der Waals surface area contributed by atoms with Crippen LogP contribution in [0.15, 0.2) is 18.2 Å². The van der Waals surface area contributed by atoms with Crippen molar-refractivity contribution in [2.24, 2.45) is 7.05 Å². The van der Waals surface area contributed by atoms with Gasteiger partial charge in [0, 0.05) is 49.5 Å². The zero-order chi connectivity index (χ0) is 12.9. The topological polar surface area (TPSA) is 17.4 Å². The van der Waals surface area contributed by atoms with Crippen molar-refractivity contribution in [2.45, 2.75) is 20.0 Å². The van der Waals surface area contributed by atoms with Crippen LogP contribution in [0.2, 0.25) is 0 Å². The maximum atomic E-state index is 5.33. The maximum absolute atomic E-state index is 5.33. The molecular formula is C15H20N2O. The molecule has 3 nitrogen and oxygen atoms in total. The van der Waals surface area contributed by atoms with E-state index in [0.717, 1.165) is 13.1 Å². The molecule has 0 amide bonds. The summed E-state index contributed by atoms with van der Waals surface area (Å²) in [6, 6.07) is 6.75. The molecule has 0 saturated carbocycles. The van der Waals surface area contributed by atoms with E-state index in [-0.39, 0.29) is 0 Å². The van der Waals surface area contributed by atoms with Gasteiger partial charge in [-0.25, -0.2) is 0 Å². The molecule has 0 N–H and O–H groups in total. The smallest absolute Gasteiger partial charge is 0.0920 e. The van der Waals surface area contributed by atoms with Crippen LogP contribution >= 0.6 is 0 Å². The van der Waals surface area contributed by atoms with E-state index < -0.39 is 0 Å². The van der Waals surface area contributed by atoms with Crippen LogP contribution in [0.25, 0.3) is 10.9 Å². The fourth-order valence-corrected chi connectivity index (χ4v) is 2.74. The largest absolute Gasteiger partial charge is 0.378 e. The van der Waals surface area contributed by atoms with Crippen LogP contribution < -0.4 is 4.90 Å². The van der Waals surface area contributed by atoms with Crippen molar-refractivity contribution >= 4 is 16.6 Å². The van der Waals surface area contributed by atoms with Crippen molar-refractivity contribution in [3.05, 3.63) is 29.5 Å². The van der Waals surface area contributed by atoms with E-state index in [9.17, 15) is 0 Å². The van der Waals surface area contributed by atoms with Crippen molar-refractivity contribution in [2.75, 3.05) is 25.1 Å². The number of hydrogen-bond donors (Lipinski definition) is 0.